The highest BCUT2D eigenvalue weighted by Gasteiger charge is 2.05. The highest BCUT2D eigenvalue weighted by Crippen LogP contribution is 2.13. The Morgan fingerprint density at radius 1 is 1.09 bits per heavy atom. The summed E-state index contributed by atoms with van der Waals surface area (Å²) in [5, 5.41) is 2.82. The molecule has 1 N–H and O–H groups in total. The first-order valence-electron chi connectivity index (χ1n) is 7.37. The number of benzene rings is 2. The van der Waals surface area contributed by atoms with Gasteiger partial charge in [-0.25, -0.2) is 0 Å². The van der Waals surface area contributed by atoms with Gasteiger partial charge in [0.15, 0.2) is 0 Å². The number of ether oxygens (including phenoxy) is 2. The predicted molar refractivity (Wildman–Crippen MR) is 86.6 cm³/mol. The summed E-state index contributed by atoms with van der Waals surface area (Å²) in [7, 11) is 1.58. The molecule has 0 aliphatic carbocycles. The van der Waals surface area contributed by atoms with Gasteiger partial charge < -0.3 is 14.8 Å². The quantitative estimate of drug-likeness (QED) is 0.799. The molecule has 2 aromatic rings. The Hall–Kier alpha value is -2.49. The van der Waals surface area contributed by atoms with E-state index in [1.807, 2.05) is 24.3 Å². The molecule has 4 nitrogen and oxygen atoms in total. The van der Waals surface area contributed by atoms with Crippen molar-refractivity contribution in [2.75, 3.05) is 20.3 Å². The first-order chi connectivity index (χ1) is 10.7. The molecule has 4 heteroatoms. The fourth-order valence-electron chi connectivity index (χ4n) is 2.02. The highest BCUT2D eigenvalue weighted by molar-refractivity contribution is 5.94. The zero-order valence-electron chi connectivity index (χ0n) is 13.0. The second-order valence-corrected chi connectivity index (χ2v) is 4.83. The van der Waals surface area contributed by atoms with Gasteiger partial charge in [0, 0.05) is 5.56 Å². The van der Waals surface area contributed by atoms with E-state index in [9.17, 15) is 4.79 Å². The second kappa shape index (κ2) is 8.08. The lowest BCUT2D eigenvalue weighted by Crippen LogP contribution is -2.28. The first kappa shape index (κ1) is 15.9. The molecule has 0 aliphatic rings. The van der Waals surface area contributed by atoms with Crippen LogP contribution in [0.15, 0.2) is 48.5 Å². The molecule has 0 spiro atoms. The maximum atomic E-state index is 12.0. The van der Waals surface area contributed by atoms with Crippen molar-refractivity contribution in [3.8, 4) is 11.5 Å². The number of amides is 1. The minimum atomic E-state index is -0.135. The second-order valence-electron chi connectivity index (χ2n) is 4.83. The third-order valence-corrected chi connectivity index (χ3v) is 3.32. The van der Waals surface area contributed by atoms with Crippen LogP contribution in [0.5, 0.6) is 11.5 Å². The van der Waals surface area contributed by atoms with Gasteiger partial charge in [0.25, 0.3) is 5.91 Å². The molecule has 0 atom stereocenters. The van der Waals surface area contributed by atoms with Crippen LogP contribution < -0.4 is 14.8 Å². The molecular formula is C18H21NO3. The lowest BCUT2D eigenvalue weighted by Gasteiger charge is -2.09. The molecule has 2 rings (SSSR count). The largest absolute Gasteiger partial charge is 0.497 e. The number of aryl methyl sites for hydroxylation is 1. The molecule has 0 saturated carbocycles. The van der Waals surface area contributed by atoms with E-state index in [1.165, 1.54) is 5.56 Å². The van der Waals surface area contributed by atoms with Crippen molar-refractivity contribution in [2.24, 2.45) is 0 Å². The lowest BCUT2D eigenvalue weighted by molar-refractivity contribution is 0.0946. The fraction of sp³-hybridized carbons (Fsp3) is 0.278. The van der Waals surface area contributed by atoms with Crippen molar-refractivity contribution in [1.29, 1.82) is 0 Å². The van der Waals surface area contributed by atoms with E-state index in [2.05, 4.69) is 12.2 Å². The number of carbonyl (C=O) groups is 1. The number of carbonyl (C=O) groups excluding carboxylic acids is 1. The third kappa shape index (κ3) is 4.52. The van der Waals surface area contributed by atoms with Crippen molar-refractivity contribution in [3.63, 3.8) is 0 Å². The standard InChI is InChI=1S/C18H21NO3/c1-3-14-7-9-16(10-8-14)22-12-11-19-18(20)15-5-4-6-17(13-15)21-2/h4-10,13H,3,11-12H2,1-2H3,(H,19,20). The van der Waals surface area contributed by atoms with Crippen molar-refractivity contribution in [2.45, 2.75) is 13.3 Å². The maximum Gasteiger partial charge on any atom is 0.251 e. The van der Waals surface area contributed by atoms with Gasteiger partial charge in [0.05, 0.1) is 13.7 Å². The number of hydrogen-bond donors (Lipinski definition) is 1. The Balaban J connectivity index is 1.76. The Labute approximate surface area is 131 Å². The Bertz CT molecular complexity index is 608. The van der Waals surface area contributed by atoms with Crippen LogP contribution in [0.1, 0.15) is 22.8 Å². The fourth-order valence-corrected chi connectivity index (χ4v) is 2.02. The summed E-state index contributed by atoms with van der Waals surface area (Å²) in [5.74, 6) is 1.34. The van der Waals surface area contributed by atoms with Gasteiger partial charge in [-0.15, -0.1) is 0 Å². The van der Waals surface area contributed by atoms with Gasteiger partial charge >= 0.3 is 0 Å². The third-order valence-electron chi connectivity index (χ3n) is 3.32. The molecular weight excluding hydrogens is 278 g/mol. The first-order valence-corrected chi connectivity index (χ1v) is 7.37. The van der Waals surface area contributed by atoms with Crippen molar-refractivity contribution in [1.82, 2.24) is 5.32 Å². The number of nitrogens with one attached hydrogen (secondary N) is 1. The Morgan fingerprint density at radius 3 is 2.55 bits per heavy atom. The van der Waals surface area contributed by atoms with Crippen LogP contribution in [0.3, 0.4) is 0 Å². The topological polar surface area (TPSA) is 47.6 Å². The van der Waals surface area contributed by atoms with Crippen LogP contribution >= 0.6 is 0 Å². The van der Waals surface area contributed by atoms with E-state index in [4.69, 9.17) is 9.47 Å². The van der Waals surface area contributed by atoms with E-state index < -0.39 is 0 Å². The molecule has 0 saturated heterocycles. The molecule has 0 fully saturated rings. The van der Waals surface area contributed by atoms with E-state index in [0.29, 0.717) is 24.5 Å². The summed E-state index contributed by atoms with van der Waals surface area (Å²) in [4.78, 5) is 12.0. The van der Waals surface area contributed by atoms with Crippen LogP contribution in [0.2, 0.25) is 0 Å². The SMILES string of the molecule is CCc1ccc(OCCNC(=O)c2cccc(OC)c2)cc1. The van der Waals surface area contributed by atoms with E-state index in [1.54, 1.807) is 31.4 Å². The summed E-state index contributed by atoms with van der Waals surface area (Å²) in [6.45, 7) is 3.00. The normalized spacial score (nSPS) is 10.1. The Kier molecular flexibility index (Phi) is 5.83. The highest BCUT2D eigenvalue weighted by atomic mass is 16.5. The monoisotopic (exact) mass is 299 g/mol. The molecule has 1 amide bonds. The molecule has 0 bridgehead atoms. The number of rotatable bonds is 7. The molecule has 0 radical (unpaired) electrons. The molecule has 2 aromatic carbocycles. The number of methoxy groups -OCH3 is 1. The van der Waals surface area contributed by atoms with Gasteiger partial charge in [-0.2, -0.15) is 0 Å². The minimum Gasteiger partial charge on any atom is -0.497 e. The zero-order chi connectivity index (χ0) is 15.8. The summed E-state index contributed by atoms with van der Waals surface area (Å²) in [6.07, 6.45) is 1.01. The van der Waals surface area contributed by atoms with Crippen LogP contribution in [0.4, 0.5) is 0 Å². The van der Waals surface area contributed by atoms with Crippen LogP contribution in [0.25, 0.3) is 0 Å². The molecule has 0 aliphatic heterocycles. The average molecular weight is 299 g/mol. The van der Waals surface area contributed by atoms with Crippen molar-refractivity contribution in [3.05, 3.63) is 59.7 Å². The van der Waals surface area contributed by atoms with Crippen molar-refractivity contribution < 1.29 is 14.3 Å². The number of hydrogen-bond acceptors (Lipinski definition) is 3. The minimum absolute atomic E-state index is 0.135. The van der Waals surface area contributed by atoms with E-state index in [-0.39, 0.29) is 5.91 Å². The lowest BCUT2D eigenvalue weighted by atomic mass is 10.2. The van der Waals surface area contributed by atoms with Crippen molar-refractivity contribution >= 4 is 5.91 Å². The molecule has 0 aromatic heterocycles. The van der Waals surface area contributed by atoms with E-state index in [0.717, 1.165) is 12.2 Å². The zero-order valence-corrected chi connectivity index (χ0v) is 13.0. The van der Waals surface area contributed by atoms with Gasteiger partial charge in [-0.1, -0.05) is 25.1 Å². The van der Waals surface area contributed by atoms with Crippen LogP contribution in [-0.4, -0.2) is 26.2 Å². The summed E-state index contributed by atoms with van der Waals surface area (Å²) < 4.78 is 10.7. The molecule has 116 valence electrons. The van der Waals surface area contributed by atoms with Crippen LogP contribution in [0, 0.1) is 0 Å². The van der Waals surface area contributed by atoms with Crippen LogP contribution in [-0.2, 0) is 6.42 Å². The van der Waals surface area contributed by atoms with Gasteiger partial charge in [-0.05, 0) is 42.3 Å². The smallest absolute Gasteiger partial charge is 0.251 e. The van der Waals surface area contributed by atoms with Gasteiger partial charge in [-0.3, -0.25) is 4.79 Å². The summed E-state index contributed by atoms with van der Waals surface area (Å²) in [6, 6.07) is 15.0. The predicted octanol–water partition coefficient (Wildman–Crippen LogP) is 3.07. The average Bonchev–Trinajstić information content (AvgIpc) is 2.59. The molecule has 0 unspecified atom stereocenters. The Morgan fingerprint density at radius 2 is 1.86 bits per heavy atom. The summed E-state index contributed by atoms with van der Waals surface area (Å²) >= 11 is 0. The van der Waals surface area contributed by atoms with Gasteiger partial charge in [0.1, 0.15) is 18.1 Å². The molecule has 22 heavy (non-hydrogen) atoms. The van der Waals surface area contributed by atoms with E-state index >= 15 is 0 Å². The molecule has 0 heterocycles. The summed E-state index contributed by atoms with van der Waals surface area (Å²) in [5.41, 5.74) is 1.85. The maximum absolute atomic E-state index is 12.0. The van der Waals surface area contributed by atoms with Gasteiger partial charge in [0.2, 0.25) is 0 Å².